The summed E-state index contributed by atoms with van der Waals surface area (Å²) in [5.41, 5.74) is 0. The van der Waals surface area contributed by atoms with Crippen LogP contribution in [-0.2, 0) is 11.2 Å². The van der Waals surface area contributed by atoms with Gasteiger partial charge >= 0.3 is 5.97 Å². The second kappa shape index (κ2) is 4.81. The lowest BCUT2D eigenvalue weighted by atomic mass is 10.2. The van der Waals surface area contributed by atoms with Crippen molar-refractivity contribution in [1.29, 1.82) is 0 Å². The molecule has 0 radical (unpaired) electrons. The average molecular weight is 253 g/mol. The number of carboxylic acids is 1. The smallest absolute Gasteiger partial charge is 0.326 e. The Balaban J connectivity index is 2.19. The molecule has 1 fully saturated rings. The van der Waals surface area contributed by atoms with E-state index < -0.39 is 24.0 Å². The summed E-state index contributed by atoms with van der Waals surface area (Å²) in [6.45, 7) is 1.92. The number of aliphatic carboxylic acids is 1. The number of aryl methyl sites for hydroxylation is 1. The van der Waals surface area contributed by atoms with Gasteiger partial charge in [-0.05, 0) is 12.1 Å². The maximum absolute atomic E-state index is 12.1. The Morgan fingerprint density at radius 1 is 1.50 bits per heavy atom. The molecule has 1 aliphatic heterocycles. The fraction of sp³-hybridized carbons (Fsp3) is 0.500. The lowest BCUT2D eigenvalue weighted by Crippen LogP contribution is -2.40. The Bertz CT molecular complexity index is 467. The van der Waals surface area contributed by atoms with Gasteiger partial charge in [0.2, 0.25) is 0 Å². The number of β-amino-alcohol motifs (C(OH)–C–C–N with tert-alkyl or cyclic N) is 1. The van der Waals surface area contributed by atoms with Gasteiger partial charge < -0.3 is 19.5 Å². The first-order valence-corrected chi connectivity index (χ1v) is 5.83. The average Bonchev–Trinajstić information content (AvgIpc) is 2.94. The van der Waals surface area contributed by atoms with Gasteiger partial charge in [-0.1, -0.05) is 6.92 Å². The topological polar surface area (TPSA) is 91.0 Å². The van der Waals surface area contributed by atoms with Gasteiger partial charge in [0, 0.05) is 19.4 Å². The first-order chi connectivity index (χ1) is 8.52. The van der Waals surface area contributed by atoms with Crippen LogP contribution in [0.3, 0.4) is 0 Å². The van der Waals surface area contributed by atoms with E-state index in [1.807, 2.05) is 6.92 Å². The number of furan rings is 1. The number of amides is 1. The van der Waals surface area contributed by atoms with Crippen LogP contribution in [0.2, 0.25) is 0 Å². The fourth-order valence-electron chi connectivity index (χ4n) is 2.10. The van der Waals surface area contributed by atoms with E-state index in [0.717, 1.165) is 4.90 Å². The first-order valence-electron chi connectivity index (χ1n) is 5.83. The maximum atomic E-state index is 12.1. The van der Waals surface area contributed by atoms with E-state index in [1.165, 1.54) is 6.07 Å². The highest BCUT2D eigenvalue weighted by Crippen LogP contribution is 2.22. The Hall–Kier alpha value is -1.82. The molecular weight excluding hydrogens is 238 g/mol. The predicted octanol–water partition coefficient (Wildman–Crippen LogP) is 0.502. The molecule has 1 aromatic heterocycles. The van der Waals surface area contributed by atoms with E-state index in [-0.39, 0.29) is 18.7 Å². The van der Waals surface area contributed by atoms with Crippen molar-refractivity contribution in [2.24, 2.45) is 0 Å². The molecule has 2 rings (SSSR count). The number of hydrogen-bond acceptors (Lipinski definition) is 4. The van der Waals surface area contributed by atoms with Gasteiger partial charge in [-0.2, -0.15) is 0 Å². The molecule has 0 bridgehead atoms. The highest BCUT2D eigenvalue weighted by Gasteiger charge is 2.40. The lowest BCUT2D eigenvalue weighted by Gasteiger charge is -2.19. The summed E-state index contributed by atoms with van der Waals surface area (Å²) in [5, 5.41) is 18.5. The molecular formula is C12H15NO5. The number of aliphatic hydroxyl groups excluding tert-OH is 1. The van der Waals surface area contributed by atoms with Crippen LogP contribution < -0.4 is 0 Å². The van der Waals surface area contributed by atoms with E-state index in [2.05, 4.69) is 0 Å². The zero-order valence-corrected chi connectivity index (χ0v) is 10.00. The van der Waals surface area contributed by atoms with Crippen LogP contribution in [0.15, 0.2) is 16.5 Å². The number of nitrogens with zero attached hydrogens (tertiary/aromatic N) is 1. The summed E-state index contributed by atoms with van der Waals surface area (Å²) in [6, 6.07) is 2.24. The lowest BCUT2D eigenvalue weighted by molar-refractivity contribution is -0.141. The Morgan fingerprint density at radius 3 is 2.78 bits per heavy atom. The van der Waals surface area contributed by atoms with Crippen molar-refractivity contribution in [2.75, 3.05) is 6.54 Å². The Morgan fingerprint density at radius 2 is 2.22 bits per heavy atom. The number of aliphatic hydroxyl groups is 1. The van der Waals surface area contributed by atoms with Crippen LogP contribution in [0.5, 0.6) is 0 Å². The van der Waals surface area contributed by atoms with Crippen molar-refractivity contribution in [3.63, 3.8) is 0 Å². The maximum Gasteiger partial charge on any atom is 0.326 e. The molecule has 1 amide bonds. The van der Waals surface area contributed by atoms with Crippen molar-refractivity contribution in [3.05, 3.63) is 23.7 Å². The van der Waals surface area contributed by atoms with Crippen LogP contribution in [0, 0.1) is 0 Å². The van der Waals surface area contributed by atoms with Crippen LogP contribution in [0.4, 0.5) is 0 Å². The molecule has 2 N–H and O–H groups in total. The summed E-state index contributed by atoms with van der Waals surface area (Å²) in [6.07, 6.45) is -0.0728. The molecule has 1 aliphatic rings. The second-order valence-electron chi connectivity index (χ2n) is 4.32. The summed E-state index contributed by atoms with van der Waals surface area (Å²) in [5.74, 6) is -0.807. The van der Waals surface area contributed by atoms with Gasteiger partial charge in [-0.25, -0.2) is 4.79 Å². The molecule has 0 saturated carbocycles. The SMILES string of the molecule is CCc1ccc(C(=O)N2C[C@H](O)C[C@@H]2C(=O)O)o1. The van der Waals surface area contributed by atoms with Crippen LogP contribution in [0.1, 0.15) is 29.7 Å². The molecule has 1 saturated heterocycles. The molecule has 6 heteroatoms. The van der Waals surface area contributed by atoms with E-state index in [0.29, 0.717) is 12.2 Å². The Labute approximate surface area is 104 Å². The number of hydrogen-bond donors (Lipinski definition) is 2. The van der Waals surface area contributed by atoms with Crippen LogP contribution in [0.25, 0.3) is 0 Å². The highest BCUT2D eigenvalue weighted by molar-refractivity contribution is 5.94. The van der Waals surface area contributed by atoms with Crippen LogP contribution >= 0.6 is 0 Å². The number of carboxylic acid groups (broad SMARTS) is 1. The highest BCUT2D eigenvalue weighted by atomic mass is 16.4. The molecule has 18 heavy (non-hydrogen) atoms. The van der Waals surface area contributed by atoms with E-state index in [1.54, 1.807) is 6.07 Å². The van der Waals surface area contributed by atoms with E-state index in [4.69, 9.17) is 9.52 Å². The molecule has 0 aliphatic carbocycles. The molecule has 1 aromatic rings. The third-order valence-corrected chi connectivity index (χ3v) is 3.05. The molecule has 2 atom stereocenters. The zero-order chi connectivity index (χ0) is 13.3. The zero-order valence-electron chi connectivity index (χ0n) is 10.00. The summed E-state index contributed by atoms with van der Waals surface area (Å²) >= 11 is 0. The van der Waals surface area contributed by atoms with Crippen LogP contribution in [-0.4, -0.2) is 45.7 Å². The molecule has 98 valence electrons. The number of carbonyl (C=O) groups is 2. The predicted molar refractivity (Wildman–Crippen MR) is 61.2 cm³/mol. The molecule has 2 heterocycles. The quantitative estimate of drug-likeness (QED) is 0.818. The largest absolute Gasteiger partial charge is 0.480 e. The van der Waals surface area contributed by atoms with Crippen molar-refractivity contribution in [3.8, 4) is 0 Å². The van der Waals surface area contributed by atoms with Crippen molar-refractivity contribution >= 4 is 11.9 Å². The third-order valence-electron chi connectivity index (χ3n) is 3.05. The van der Waals surface area contributed by atoms with Gasteiger partial charge in [0.05, 0.1) is 6.10 Å². The summed E-state index contributed by atoms with van der Waals surface area (Å²) in [7, 11) is 0. The molecule has 0 aromatic carbocycles. The molecule has 6 nitrogen and oxygen atoms in total. The normalized spacial score (nSPS) is 23.3. The second-order valence-corrected chi connectivity index (χ2v) is 4.32. The monoisotopic (exact) mass is 253 g/mol. The Kier molecular flexibility index (Phi) is 3.38. The first kappa shape index (κ1) is 12.6. The molecule has 0 spiro atoms. The van der Waals surface area contributed by atoms with Crippen molar-refractivity contribution < 1.29 is 24.2 Å². The minimum atomic E-state index is -1.11. The standard InChI is InChI=1S/C12H15NO5/c1-2-8-3-4-10(18-8)11(15)13-6-7(14)5-9(13)12(16)17/h3-4,7,9,14H,2,5-6H2,1H3,(H,16,17)/t7-,9-/m1/s1. The third kappa shape index (κ3) is 2.24. The minimum Gasteiger partial charge on any atom is -0.480 e. The molecule has 0 unspecified atom stereocenters. The minimum absolute atomic E-state index is 0.0258. The number of likely N-dealkylation sites (tertiary alicyclic amines) is 1. The van der Waals surface area contributed by atoms with Crippen molar-refractivity contribution in [1.82, 2.24) is 4.90 Å². The summed E-state index contributed by atoms with van der Waals surface area (Å²) < 4.78 is 5.30. The van der Waals surface area contributed by atoms with Gasteiger partial charge in [0.1, 0.15) is 11.8 Å². The van der Waals surface area contributed by atoms with Gasteiger partial charge in [0.25, 0.3) is 5.91 Å². The van der Waals surface area contributed by atoms with E-state index >= 15 is 0 Å². The van der Waals surface area contributed by atoms with Gasteiger partial charge in [-0.3, -0.25) is 4.79 Å². The van der Waals surface area contributed by atoms with Crippen molar-refractivity contribution in [2.45, 2.75) is 31.9 Å². The van der Waals surface area contributed by atoms with Gasteiger partial charge in [0.15, 0.2) is 5.76 Å². The number of carbonyl (C=O) groups excluding carboxylic acids is 1. The van der Waals surface area contributed by atoms with E-state index in [9.17, 15) is 14.7 Å². The number of rotatable bonds is 3. The summed E-state index contributed by atoms with van der Waals surface area (Å²) in [4.78, 5) is 24.3. The fourth-order valence-corrected chi connectivity index (χ4v) is 2.10. The van der Waals surface area contributed by atoms with Gasteiger partial charge in [-0.15, -0.1) is 0 Å².